The molecular weight excluding hydrogens is 409 g/mol. The first-order valence-electron chi connectivity index (χ1n) is 9.83. The highest BCUT2D eigenvalue weighted by Crippen LogP contribution is 2.19. The molecule has 0 bridgehead atoms. The zero-order valence-electron chi connectivity index (χ0n) is 16.9. The van der Waals surface area contributed by atoms with Crippen LogP contribution in [0.4, 0.5) is 4.39 Å². The van der Waals surface area contributed by atoms with Gasteiger partial charge in [-0.2, -0.15) is 0 Å². The molecule has 6 nitrogen and oxygen atoms in total. The molecule has 0 saturated carbocycles. The van der Waals surface area contributed by atoms with Crippen LogP contribution in [0.2, 0.25) is 5.02 Å². The van der Waals surface area contributed by atoms with E-state index in [1.165, 1.54) is 13.2 Å². The number of rotatable bonds is 7. The number of carbonyl (C=O) groups excluding carboxylic acids is 2. The second-order valence-corrected chi connectivity index (χ2v) is 7.52. The van der Waals surface area contributed by atoms with Gasteiger partial charge in [-0.3, -0.25) is 14.5 Å². The average Bonchev–Trinajstić information content (AvgIpc) is 2.74. The number of methoxy groups -OCH3 is 1. The van der Waals surface area contributed by atoms with Gasteiger partial charge in [0.05, 0.1) is 17.7 Å². The number of nitrogens with one attached hydrogen (secondary N) is 1. The van der Waals surface area contributed by atoms with E-state index < -0.39 is 0 Å². The number of amides is 2. The summed E-state index contributed by atoms with van der Waals surface area (Å²) in [7, 11) is 1.44. The van der Waals surface area contributed by atoms with Gasteiger partial charge < -0.3 is 15.0 Å². The summed E-state index contributed by atoms with van der Waals surface area (Å²) in [5, 5.41) is 3.12. The Morgan fingerprint density at radius 3 is 2.53 bits per heavy atom. The number of hydrogen-bond donors (Lipinski definition) is 1. The van der Waals surface area contributed by atoms with Crippen molar-refractivity contribution < 1.29 is 18.7 Å². The number of hydrogen-bond acceptors (Lipinski definition) is 4. The summed E-state index contributed by atoms with van der Waals surface area (Å²) in [6.45, 7) is 3.52. The van der Waals surface area contributed by atoms with Crippen molar-refractivity contribution in [2.75, 3.05) is 39.8 Å². The quantitative estimate of drug-likeness (QED) is 0.729. The molecule has 160 valence electrons. The minimum Gasteiger partial charge on any atom is -0.494 e. The van der Waals surface area contributed by atoms with Crippen LogP contribution in [0, 0.1) is 5.82 Å². The van der Waals surface area contributed by atoms with E-state index in [9.17, 15) is 14.0 Å². The van der Waals surface area contributed by atoms with Gasteiger partial charge in [0.25, 0.3) is 5.91 Å². The van der Waals surface area contributed by atoms with Crippen LogP contribution in [-0.2, 0) is 11.3 Å². The van der Waals surface area contributed by atoms with Crippen molar-refractivity contribution in [3.63, 3.8) is 0 Å². The Balaban J connectivity index is 1.40. The van der Waals surface area contributed by atoms with Crippen LogP contribution in [0.3, 0.4) is 0 Å². The standard InChI is InChI=1S/C22H25ClFN3O3/c1-30-20-7-6-16(14-19(20)24)15-26-10-12-27(13-11-26)21(28)8-9-25-22(29)17-4-2-3-5-18(17)23/h2-7,14H,8-13,15H2,1H3,(H,25,29). The molecule has 1 N–H and O–H groups in total. The first-order chi connectivity index (χ1) is 14.5. The molecule has 0 unspecified atom stereocenters. The van der Waals surface area contributed by atoms with Gasteiger partial charge in [-0.25, -0.2) is 4.39 Å². The van der Waals surface area contributed by atoms with Gasteiger partial charge >= 0.3 is 0 Å². The van der Waals surface area contributed by atoms with Gasteiger partial charge in [0, 0.05) is 45.7 Å². The van der Waals surface area contributed by atoms with E-state index in [2.05, 4.69) is 10.2 Å². The van der Waals surface area contributed by atoms with Gasteiger partial charge in [0.15, 0.2) is 11.6 Å². The summed E-state index contributed by atoms with van der Waals surface area (Å²) in [5.74, 6) is -0.423. The molecule has 1 saturated heterocycles. The third-order valence-electron chi connectivity index (χ3n) is 5.09. The Morgan fingerprint density at radius 2 is 1.87 bits per heavy atom. The van der Waals surface area contributed by atoms with E-state index in [-0.39, 0.29) is 36.3 Å². The highest BCUT2D eigenvalue weighted by molar-refractivity contribution is 6.33. The zero-order chi connectivity index (χ0) is 21.5. The summed E-state index contributed by atoms with van der Waals surface area (Å²) >= 11 is 6.01. The predicted octanol–water partition coefficient (Wildman–Crippen LogP) is 2.95. The number of piperazine rings is 1. The maximum absolute atomic E-state index is 13.8. The first-order valence-corrected chi connectivity index (χ1v) is 10.2. The largest absolute Gasteiger partial charge is 0.494 e. The summed E-state index contributed by atoms with van der Waals surface area (Å²) < 4.78 is 18.8. The Hall–Kier alpha value is -2.64. The molecule has 2 amide bonds. The molecule has 30 heavy (non-hydrogen) atoms. The summed E-state index contributed by atoms with van der Waals surface area (Å²) in [5.41, 5.74) is 1.27. The molecule has 2 aromatic carbocycles. The van der Waals surface area contributed by atoms with Crippen LogP contribution in [0.25, 0.3) is 0 Å². The molecule has 0 aromatic heterocycles. The summed E-state index contributed by atoms with van der Waals surface area (Å²) in [4.78, 5) is 28.6. The molecule has 1 fully saturated rings. The smallest absolute Gasteiger partial charge is 0.252 e. The third kappa shape index (κ3) is 5.70. The zero-order valence-corrected chi connectivity index (χ0v) is 17.6. The molecular formula is C22H25ClFN3O3. The normalized spacial score (nSPS) is 14.4. The molecule has 8 heteroatoms. The number of nitrogens with zero attached hydrogens (tertiary/aromatic N) is 2. The topological polar surface area (TPSA) is 61.9 Å². The van der Waals surface area contributed by atoms with Crippen LogP contribution in [0.1, 0.15) is 22.3 Å². The second kappa shape index (κ2) is 10.4. The van der Waals surface area contributed by atoms with E-state index in [4.69, 9.17) is 16.3 Å². The van der Waals surface area contributed by atoms with E-state index in [1.54, 1.807) is 35.2 Å². The van der Waals surface area contributed by atoms with Crippen LogP contribution in [0.15, 0.2) is 42.5 Å². The van der Waals surface area contributed by atoms with Crippen molar-refractivity contribution >= 4 is 23.4 Å². The molecule has 2 aromatic rings. The lowest BCUT2D eigenvalue weighted by Crippen LogP contribution is -2.48. The van der Waals surface area contributed by atoms with Crippen LogP contribution >= 0.6 is 11.6 Å². The molecule has 0 radical (unpaired) electrons. The molecule has 1 aliphatic rings. The molecule has 0 aliphatic carbocycles. The highest BCUT2D eigenvalue weighted by atomic mass is 35.5. The second-order valence-electron chi connectivity index (χ2n) is 7.11. The molecule has 1 aliphatic heterocycles. The minimum atomic E-state index is -0.373. The summed E-state index contributed by atoms with van der Waals surface area (Å²) in [6.07, 6.45) is 0.236. The van der Waals surface area contributed by atoms with E-state index in [0.717, 1.165) is 5.56 Å². The van der Waals surface area contributed by atoms with Gasteiger partial charge in [0.2, 0.25) is 5.91 Å². The number of ether oxygens (including phenoxy) is 1. The lowest BCUT2D eigenvalue weighted by molar-refractivity contribution is -0.132. The Labute approximate surface area is 180 Å². The number of carbonyl (C=O) groups is 2. The van der Waals surface area contributed by atoms with E-state index in [0.29, 0.717) is 43.3 Å². The van der Waals surface area contributed by atoms with Crippen molar-refractivity contribution in [2.24, 2.45) is 0 Å². The van der Waals surface area contributed by atoms with Gasteiger partial charge in [-0.1, -0.05) is 29.8 Å². The van der Waals surface area contributed by atoms with Crippen molar-refractivity contribution in [3.8, 4) is 5.75 Å². The molecule has 1 heterocycles. The lowest BCUT2D eigenvalue weighted by atomic mass is 10.1. The Morgan fingerprint density at radius 1 is 1.13 bits per heavy atom. The third-order valence-corrected chi connectivity index (χ3v) is 5.42. The SMILES string of the molecule is COc1ccc(CN2CCN(C(=O)CCNC(=O)c3ccccc3Cl)CC2)cc1F. The van der Waals surface area contributed by atoms with Crippen LogP contribution in [0.5, 0.6) is 5.75 Å². The Kier molecular flexibility index (Phi) is 7.65. The maximum atomic E-state index is 13.8. The van der Waals surface area contributed by atoms with Crippen LogP contribution < -0.4 is 10.1 Å². The van der Waals surface area contributed by atoms with Gasteiger partial charge in [0.1, 0.15) is 0 Å². The van der Waals surface area contributed by atoms with Crippen molar-refractivity contribution in [2.45, 2.75) is 13.0 Å². The highest BCUT2D eigenvalue weighted by Gasteiger charge is 2.21. The fourth-order valence-electron chi connectivity index (χ4n) is 3.40. The lowest BCUT2D eigenvalue weighted by Gasteiger charge is -2.34. The average molecular weight is 434 g/mol. The Bertz CT molecular complexity index is 901. The van der Waals surface area contributed by atoms with E-state index in [1.807, 2.05) is 6.07 Å². The fraction of sp³-hybridized carbons (Fsp3) is 0.364. The monoisotopic (exact) mass is 433 g/mol. The van der Waals surface area contributed by atoms with E-state index >= 15 is 0 Å². The van der Waals surface area contributed by atoms with Gasteiger partial charge in [-0.05, 0) is 29.8 Å². The predicted molar refractivity (Wildman–Crippen MR) is 113 cm³/mol. The molecule has 0 atom stereocenters. The number of halogens is 2. The van der Waals surface area contributed by atoms with Crippen molar-refractivity contribution in [1.82, 2.24) is 15.1 Å². The molecule has 0 spiro atoms. The van der Waals surface area contributed by atoms with Gasteiger partial charge in [-0.15, -0.1) is 0 Å². The number of benzene rings is 2. The van der Waals surface area contributed by atoms with Crippen molar-refractivity contribution in [1.29, 1.82) is 0 Å². The van der Waals surface area contributed by atoms with Crippen LogP contribution in [-0.4, -0.2) is 61.4 Å². The minimum absolute atomic E-state index is 0.00426. The summed E-state index contributed by atoms with van der Waals surface area (Å²) in [6, 6.07) is 11.8. The fourth-order valence-corrected chi connectivity index (χ4v) is 3.63. The maximum Gasteiger partial charge on any atom is 0.252 e. The first kappa shape index (κ1) is 22.1. The van der Waals surface area contributed by atoms with Crippen molar-refractivity contribution in [3.05, 3.63) is 64.4 Å². The molecule has 3 rings (SSSR count).